The first-order valence-electron chi connectivity index (χ1n) is 4.86. The van der Waals surface area contributed by atoms with E-state index in [0.29, 0.717) is 17.0 Å². The van der Waals surface area contributed by atoms with Crippen molar-refractivity contribution in [1.29, 1.82) is 0 Å². The highest BCUT2D eigenvalue weighted by atomic mass is 16.5. The summed E-state index contributed by atoms with van der Waals surface area (Å²) < 4.78 is 9.38. The van der Waals surface area contributed by atoms with Crippen molar-refractivity contribution in [3.63, 3.8) is 0 Å². The summed E-state index contributed by atoms with van der Waals surface area (Å²) in [5.41, 5.74) is 6.34. The van der Waals surface area contributed by atoms with E-state index in [0.717, 1.165) is 0 Å². The molecule has 0 saturated heterocycles. The SMILES string of the molecule is COC(=O)CNC(=O)c1cc(N)cc(OC)c1. The third-order valence-electron chi connectivity index (χ3n) is 2.05. The van der Waals surface area contributed by atoms with Gasteiger partial charge in [0.2, 0.25) is 0 Å². The average Bonchev–Trinajstić information content (AvgIpc) is 2.34. The summed E-state index contributed by atoms with van der Waals surface area (Å²) in [5.74, 6) is -0.455. The Kier molecular flexibility index (Phi) is 4.33. The highest BCUT2D eigenvalue weighted by Crippen LogP contribution is 2.18. The fraction of sp³-hybridized carbons (Fsp3) is 0.273. The predicted octanol–water partition coefficient (Wildman–Crippen LogP) is 0.180. The van der Waals surface area contributed by atoms with Crippen molar-refractivity contribution in [3.8, 4) is 5.75 Å². The van der Waals surface area contributed by atoms with Crippen molar-refractivity contribution in [3.05, 3.63) is 23.8 Å². The van der Waals surface area contributed by atoms with E-state index in [1.807, 2.05) is 0 Å². The molecule has 3 N–H and O–H groups in total. The van der Waals surface area contributed by atoms with Gasteiger partial charge in [0.05, 0.1) is 14.2 Å². The molecule has 1 amide bonds. The number of benzene rings is 1. The molecule has 0 saturated carbocycles. The summed E-state index contributed by atoms with van der Waals surface area (Å²) in [4.78, 5) is 22.5. The summed E-state index contributed by atoms with van der Waals surface area (Å²) in [6.45, 7) is -0.188. The Bertz CT molecular complexity index is 431. The van der Waals surface area contributed by atoms with Crippen molar-refractivity contribution < 1.29 is 19.1 Å². The molecule has 0 aromatic heterocycles. The topological polar surface area (TPSA) is 90.7 Å². The minimum Gasteiger partial charge on any atom is -0.497 e. The molecule has 0 aliphatic heterocycles. The molecule has 0 heterocycles. The Morgan fingerprint density at radius 2 is 2.00 bits per heavy atom. The van der Waals surface area contributed by atoms with Gasteiger partial charge in [-0.1, -0.05) is 0 Å². The Balaban J connectivity index is 2.74. The lowest BCUT2D eigenvalue weighted by molar-refractivity contribution is -0.139. The van der Waals surface area contributed by atoms with Gasteiger partial charge in [0.25, 0.3) is 5.91 Å². The molecule has 1 rings (SSSR count). The quantitative estimate of drug-likeness (QED) is 0.576. The summed E-state index contributed by atoms with van der Waals surface area (Å²) >= 11 is 0. The van der Waals surface area contributed by atoms with Gasteiger partial charge >= 0.3 is 5.97 Å². The van der Waals surface area contributed by atoms with Crippen molar-refractivity contribution in [2.24, 2.45) is 0 Å². The molecule has 6 nitrogen and oxygen atoms in total. The number of nitrogen functional groups attached to an aromatic ring is 1. The van der Waals surface area contributed by atoms with Crippen LogP contribution in [-0.2, 0) is 9.53 Å². The van der Waals surface area contributed by atoms with Crippen LogP contribution >= 0.6 is 0 Å². The first-order valence-corrected chi connectivity index (χ1v) is 4.86. The minimum absolute atomic E-state index is 0.188. The van der Waals surface area contributed by atoms with E-state index in [1.165, 1.54) is 26.4 Å². The van der Waals surface area contributed by atoms with Gasteiger partial charge in [0.1, 0.15) is 12.3 Å². The van der Waals surface area contributed by atoms with E-state index >= 15 is 0 Å². The maximum atomic E-state index is 11.7. The molecule has 0 bridgehead atoms. The van der Waals surface area contributed by atoms with Crippen LogP contribution in [0.4, 0.5) is 5.69 Å². The lowest BCUT2D eigenvalue weighted by Gasteiger charge is -2.07. The van der Waals surface area contributed by atoms with E-state index in [-0.39, 0.29) is 6.54 Å². The molecule has 0 aliphatic carbocycles. The number of nitrogens with two attached hydrogens (primary N) is 1. The number of nitrogens with one attached hydrogen (secondary N) is 1. The summed E-state index contributed by atoms with van der Waals surface area (Å²) in [6, 6.07) is 4.62. The number of carbonyl (C=O) groups is 2. The zero-order valence-electron chi connectivity index (χ0n) is 9.65. The third-order valence-corrected chi connectivity index (χ3v) is 2.05. The molecule has 1 aromatic rings. The van der Waals surface area contributed by atoms with E-state index in [1.54, 1.807) is 6.07 Å². The van der Waals surface area contributed by atoms with Gasteiger partial charge in [-0.05, 0) is 12.1 Å². The number of ether oxygens (including phenoxy) is 2. The van der Waals surface area contributed by atoms with Crippen LogP contribution in [0.25, 0.3) is 0 Å². The fourth-order valence-corrected chi connectivity index (χ4v) is 1.20. The second-order valence-corrected chi connectivity index (χ2v) is 3.25. The summed E-state index contributed by atoms with van der Waals surface area (Å²) in [7, 11) is 2.73. The van der Waals surface area contributed by atoms with Gasteiger partial charge in [-0.25, -0.2) is 0 Å². The van der Waals surface area contributed by atoms with Gasteiger partial charge < -0.3 is 20.5 Å². The summed E-state index contributed by atoms with van der Waals surface area (Å²) in [5, 5.41) is 2.40. The number of hydrogen-bond acceptors (Lipinski definition) is 5. The highest BCUT2D eigenvalue weighted by Gasteiger charge is 2.10. The maximum absolute atomic E-state index is 11.7. The molecule has 92 valence electrons. The minimum atomic E-state index is -0.519. The standard InChI is InChI=1S/C11H14N2O4/c1-16-9-4-7(3-8(12)5-9)11(15)13-6-10(14)17-2/h3-5H,6,12H2,1-2H3,(H,13,15). The third kappa shape index (κ3) is 3.67. The van der Waals surface area contributed by atoms with Crippen molar-refractivity contribution >= 4 is 17.6 Å². The number of amides is 1. The molecule has 0 unspecified atom stereocenters. The molecule has 0 fully saturated rings. The molecular formula is C11H14N2O4. The first-order chi connectivity index (χ1) is 8.06. The Morgan fingerprint density at radius 1 is 1.29 bits per heavy atom. The van der Waals surface area contributed by atoms with Crippen LogP contribution in [-0.4, -0.2) is 32.6 Å². The molecule has 1 aromatic carbocycles. The Labute approximate surface area is 98.7 Å². The number of methoxy groups -OCH3 is 2. The van der Waals surface area contributed by atoms with E-state index in [2.05, 4.69) is 10.1 Å². The zero-order valence-corrected chi connectivity index (χ0v) is 9.65. The van der Waals surface area contributed by atoms with Gasteiger partial charge in [-0.2, -0.15) is 0 Å². The monoisotopic (exact) mass is 238 g/mol. The van der Waals surface area contributed by atoms with Crippen LogP contribution in [0.15, 0.2) is 18.2 Å². The molecular weight excluding hydrogens is 224 g/mol. The summed E-state index contributed by atoms with van der Waals surface area (Å²) in [6.07, 6.45) is 0. The van der Waals surface area contributed by atoms with E-state index in [4.69, 9.17) is 10.5 Å². The van der Waals surface area contributed by atoms with Crippen LogP contribution in [0.2, 0.25) is 0 Å². The maximum Gasteiger partial charge on any atom is 0.325 e. The van der Waals surface area contributed by atoms with Crippen LogP contribution in [0.1, 0.15) is 10.4 Å². The number of anilines is 1. The average molecular weight is 238 g/mol. The molecule has 0 spiro atoms. The normalized spacial score (nSPS) is 9.53. The van der Waals surface area contributed by atoms with Crippen molar-refractivity contribution in [2.75, 3.05) is 26.5 Å². The second kappa shape index (κ2) is 5.74. The van der Waals surface area contributed by atoms with Crippen LogP contribution in [0, 0.1) is 0 Å². The van der Waals surface area contributed by atoms with Crippen LogP contribution in [0.5, 0.6) is 5.75 Å². The largest absolute Gasteiger partial charge is 0.497 e. The van der Waals surface area contributed by atoms with Gasteiger partial charge in [-0.15, -0.1) is 0 Å². The van der Waals surface area contributed by atoms with Crippen molar-refractivity contribution in [2.45, 2.75) is 0 Å². The predicted molar refractivity (Wildman–Crippen MR) is 61.8 cm³/mol. The first kappa shape index (κ1) is 12.8. The zero-order chi connectivity index (χ0) is 12.8. The van der Waals surface area contributed by atoms with Gasteiger partial charge in [-0.3, -0.25) is 9.59 Å². The second-order valence-electron chi connectivity index (χ2n) is 3.25. The number of rotatable bonds is 4. The fourth-order valence-electron chi connectivity index (χ4n) is 1.20. The van der Waals surface area contributed by atoms with Crippen LogP contribution in [0.3, 0.4) is 0 Å². The van der Waals surface area contributed by atoms with Gasteiger partial charge in [0.15, 0.2) is 0 Å². The number of esters is 1. The Hall–Kier alpha value is -2.24. The van der Waals surface area contributed by atoms with Crippen LogP contribution < -0.4 is 15.8 Å². The molecule has 0 atom stereocenters. The Morgan fingerprint density at radius 3 is 2.59 bits per heavy atom. The van der Waals surface area contributed by atoms with E-state index in [9.17, 15) is 9.59 Å². The molecule has 6 heteroatoms. The van der Waals surface area contributed by atoms with E-state index < -0.39 is 11.9 Å². The van der Waals surface area contributed by atoms with Crippen molar-refractivity contribution in [1.82, 2.24) is 5.32 Å². The molecule has 0 aliphatic rings. The lowest BCUT2D eigenvalue weighted by atomic mass is 10.2. The smallest absolute Gasteiger partial charge is 0.325 e. The molecule has 17 heavy (non-hydrogen) atoms. The molecule has 0 radical (unpaired) electrons. The lowest BCUT2D eigenvalue weighted by Crippen LogP contribution is -2.30. The van der Waals surface area contributed by atoms with Gasteiger partial charge in [0, 0.05) is 17.3 Å². The number of carbonyl (C=O) groups excluding carboxylic acids is 2. The number of hydrogen-bond donors (Lipinski definition) is 2. The highest BCUT2D eigenvalue weighted by molar-refractivity contribution is 5.97.